The van der Waals surface area contributed by atoms with Crippen molar-refractivity contribution in [2.45, 2.75) is 26.1 Å². The van der Waals surface area contributed by atoms with Gasteiger partial charge in [0.05, 0.1) is 29.5 Å². The summed E-state index contributed by atoms with van der Waals surface area (Å²) in [6.45, 7) is 5.75. The molecule has 2 aromatic heterocycles. The molecule has 4 rings (SSSR count). The van der Waals surface area contributed by atoms with Crippen LogP contribution in [-0.4, -0.2) is 52.9 Å². The normalized spacial score (nSPS) is 17.9. The molecule has 1 amide bonds. The lowest BCUT2D eigenvalue weighted by molar-refractivity contribution is -0.00547. The van der Waals surface area contributed by atoms with E-state index in [-0.39, 0.29) is 23.9 Å². The van der Waals surface area contributed by atoms with E-state index in [1.807, 2.05) is 26.0 Å². The van der Waals surface area contributed by atoms with E-state index in [2.05, 4.69) is 37.2 Å². The number of ether oxygens (including phenoxy) is 1. The molecule has 0 radical (unpaired) electrons. The maximum atomic E-state index is 13.2. The molecule has 1 fully saturated rings. The van der Waals surface area contributed by atoms with Gasteiger partial charge in [-0.15, -0.1) is 0 Å². The van der Waals surface area contributed by atoms with E-state index < -0.39 is 0 Å². The number of H-pyrrole nitrogens is 1. The number of carbonyl (C=O) groups is 1. The Bertz CT molecular complexity index is 1200. The van der Waals surface area contributed by atoms with Gasteiger partial charge >= 0.3 is 0 Å². The third-order valence-corrected chi connectivity index (χ3v) is 5.24. The third-order valence-electron chi connectivity index (χ3n) is 5.24. The van der Waals surface area contributed by atoms with Crippen LogP contribution in [0.3, 0.4) is 0 Å². The third kappa shape index (κ3) is 6.09. The van der Waals surface area contributed by atoms with Crippen LogP contribution in [0.25, 0.3) is 6.08 Å². The number of nitrogens with zero attached hydrogens (tertiary/aromatic N) is 3. The SMILES string of the molecule is CC1CN(c2ncc(C(=O)NCC=Cc3cn[nH]c3)cc2C#Cc2ccc(F)cc2)CC(C)O1. The lowest BCUT2D eigenvalue weighted by atomic mass is 10.1. The highest BCUT2D eigenvalue weighted by atomic mass is 19.1. The predicted octanol–water partition coefficient (Wildman–Crippen LogP) is 3.40. The van der Waals surface area contributed by atoms with Crippen molar-refractivity contribution in [3.63, 3.8) is 0 Å². The lowest BCUT2D eigenvalue weighted by Crippen LogP contribution is -2.46. The number of benzene rings is 1. The summed E-state index contributed by atoms with van der Waals surface area (Å²) < 4.78 is 19.1. The summed E-state index contributed by atoms with van der Waals surface area (Å²) in [4.78, 5) is 19.5. The van der Waals surface area contributed by atoms with Crippen LogP contribution in [0.5, 0.6) is 0 Å². The van der Waals surface area contributed by atoms with Gasteiger partial charge in [-0.25, -0.2) is 9.37 Å². The molecule has 34 heavy (non-hydrogen) atoms. The number of carbonyl (C=O) groups excluding carboxylic acids is 1. The summed E-state index contributed by atoms with van der Waals surface area (Å²) in [5.41, 5.74) is 2.65. The van der Waals surface area contributed by atoms with E-state index >= 15 is 0 Å². The van der Waals surface area contributed by atoms with Crippen LogP contribution in [0.4, 0.5) is 10.2 Å². The van der Waals surface area contributed by atoms with Gasteiger partial charge in [0.25, 0.3) is 5.91 Å². The zero-order valence-corrected chi connectivity index (χ0v) is 19.1. The fourth-order valence-corrected chi connectivity index (χ4v) is 3.75. The van der Waals surface area contributed by atoms with E-state index in [1.54, 1.807) is 36.8 Å². The molecule has 7 nitrogen and oxygen atoms in total. The molecule has 1 aliphatic rings. The molecule has 1 saturated heterocycles. The highest BCUT2D eigenvalue weighted by molar-refractivity contribution is 5.94. The Morgan fingerprint density at radius 3 is 2.71 bits per heavy atom. The van der Waals surface area contributed by atoms with Crippen LogP contribution in [-0.2, 0) is 4.74 Å². The highest BCUT2D eigenvalue weighted by Crippen LogP contribution is 2.23. The smallest absolute Gasteiger partial charge is 0.253 e. The first kappa shape index (κ1) is 23.2. The predicted molar refractivity (Wildman–Crippen MR) is 129 cm³/mol. The zero-order valence-electron chi connectivity index (χ0n) is 19.1. The summed E-state index contributed by atoms with van der Waals surface area (Å²) >= 11 is 0. The van der Waals surface area contributed by atoms with Crippen LogP contribution in [0.1, 0.15) is 40.9 Å². The molecular formula is C26H26FN5O2. The first-order chi connectivity index (χ1) is 16.5. The first-order valence-corrected chi connectivity index (χ1v) is 11.1. The van der Waals surface area contributed by atoms with Crippen molar-refractivity contribution in [1.82, 2.24) is 20.5 Å². The number of aromatic nitrogens is 3. The second-order valence-electron chi connectivity index (χ2n) is 8.16. The van der Waals surface area contributed by atoms with Crippen LogP contribution in [0, 0.1) is 17.7 Å². The molecule has 2 unspecified atom stereocenters. The topological polar surface area (TPSA) is 83.1 Å². The summed E-state index contributed by atoms with van der Waals surface area (Å²) in [5, 5.41) is 9.48. The first-order valence-electron chi connectivity index (χ1n) is 11.1. The van der Waals surface area contributed by atoms with E-state index in [0.29, 0.717) is 42.1 Å². The van der Waals surface area contributed by atoms with E-state index in [0.717, 1.165) is 5.56 Å². The van der Waals surface area contributed by atoms with Gasteiger partial charge in [0, 0.05) is 43.2 Å². The molecule has 1 aliphatic heterocycles. The number of amides is 1. The Labute approximate surface area is 198 Å². The van der Waals surface area contributed by atoms with Gasteiger partial charge in [-0.05, 0) is 44.2 Å². The van der Waals surface area contributed by atoms with Gasteiger partial charge in [0.15, 0.2) is 0 Å². The van der Waals surface area contributed by atoms with Crippen molar-refractivity contribution in [2.75, 3.05) is 24.5 Å². The fourth-order valence-electron chi connectivity index (χ4n) is 3.75. The Morgan fingerprint density at radius 1 is 1.24 bits per heavy atom. The lowest BCUT2D eigenvalue weighted by Gasteiger charge is -2.36. The van der Waals surface area contributed by atoms with Gasteiger partial charge in [-0.3, -0.25) is 9.89 Å². The average Bonchev–Trinajstić information content (AvgIpc) is 3.34. The van der Waals surface area contributed by atoms with Crippen molar-refractivity contribution >= 4 is 17.8 Å². The number of hydrogen-bond acceptors (Lipinski definition) is 5. The monoisotopic (exact) mass is 459 g/mol. The molecule has 8 heteroatoms. The van der Waals surface area contributed by atoms with Crippen molar-refractivity contribution in [1.29, 1.82) is 0 Å². The molecule has 0 aliphatic carbocycles. The average molecular weight is 460 g/mol. The van der Waals surface area contributed by atoms with Crippen molar-refractivity contribution in [3.8, 4) is 11.8 Å². The zero-order chi connectivity index (χ0) is 23.9. The molecular weight excluding hydrogens is 433 g/mol. The number of morpholine rings is 1. The quantitative estimate of drug-likeness (QED) is 0.572. The van der Waals surface area contributed by atoms with Crippen molar-refractivity contribution in [3.05, 3.63) is 83.1 Å². The second kappa shape index (κ2) is 10.8. The molecule has 0 saturated carbocycles. The van der Waals surface area contributed by atoms with E-state index in [4.69, 9.17) is 4.74 Å². The molecule has 0 bridgehead atoms. The van der Waals surface area contributed by atoms with Crippen molar-refractivity contribution < 1.29 is 13.9 Å². The number of pyridine rings is 1. The molecule has 0 spiro atoms. The maximum Gasteiger partial charge on any atom is 0.253 e. The van der Waals surface area contributed by atoms with Crippen LogP contribution >= 0.6 is 0 Å². The van der Waals surface area contributed by atoms with E-state index in [9.17, 15) is 9.18 Å². The number of anilines is 1. The number of rotatable bonds is 5. The number of nitrogens with one attached hydrogen (secondary N) is 2. The van der Waals surface area contributed by atoms with Gasteiger partial charge in [-0.2, -0.15) is 5.10 Å². The summed E-state index contributed by atoms with van der Waals surface area (Å²) in [5.74, 6) is 6.33. The molecule has 1 aromatic carbocycles. The van der Waals surface area contributed by atoms with Gasteiger partial charge in [0.1, 0.15) is 11.6 Å². The Balaban J connectivity index is 1.57. The highest BCUT2D eigenvalue weighted by Gasteiger charge is 2.25. The van der Waals surface area contributed by atoms with Crippen LogP contribution in [0.2, 0.25) is 0 Å². The van der Waals surface area contributed by atoms with E-state index in [1.165, 1.54) is 12.1 Å². The molecule has 3 heterocycles. The minimum atomic E-state index is -0.315. The van der Waals surface area contributed by atoms with Gasteiger partial charge in [0.2, 0.25) is 0 Å². The van der Waals surface area contributed by atoms with Gasteiger partial charge in [-0.1, -0.05) is 24.0 Å². The van der Waals surface area contributed by atoms with Crippen LogP contribution < -0.4 is 10.2 Å². The minimum Gasteiger partial charge on any atom is -0.372 e. The maximum absolute atomic E-state index is 13.2. The molecule has 2 N–H and O–H groups in total. The fraction of sp³-hybridized carbons (Fsp3) is 0.269. The summed E-state index contributed by atoms with van der Waals surface area (Å²) in [7, 11) is 0. The molecule has 2 atom stereocenters. The second-order valence-corrected chi connectivity index (χ2v) is 8.16. The largest absolute Gasteiger partial charge is 0.372 e. The number of hydrogen-bond donors (Lipinski definition) is 2. The number of aromatic amines is 1. The van der Waals surface area contributed by atoms with Crippen molar-refractivity contribution in [2.24, 2.45) is 0 Å². The minimum absolute atomic E-state index is 0.0495. The Kier molecular flexibility index (Phi) is 7.35. The Hall–Kier alpha value is -3.96. The van der Waals surface area contributed by atoms with Gasteiger partial charge < -0.3 is 15.0 Å². The summed E-state index contributed by atoms with van der Waals surface area (Å²) in [6, 6.07) is 7.73. The number of halogens is 1. The summed E-state index contributed by atoms with van der Waals surface area (Å²) in [6.07, 6.45) is 8.84. The standard InChI is InChI=1S/C26H26FN5O2/c1-18-16-32(17-19(2)34-18)25-22(8-5-20-6-9-24(27)10-7-20)12-23(15-29-25)26(33)28-11-3-4-21-13-30-31-14-21/h3-4,6-7,9-10,12-15,18-19H,11,16-17H2,1-2H3,(H,28,33)(H,30,31). The van der Waals surface area contributed by atoms with Crippen LogP contribution in [0.15, 0.2) is 55.0 Å². The molecule has 174 valence electrons. The molecule has 3 aromatic rings. The Morgan fingerprint density at radius 2 is 2.00 bits per heavy atom.